The number of hydrogen-bond donors (Lipinski definition) is 1. The fraction of sp³-hybridized carbons (Fsp3) is 0.125. The SMILES string of the molecule is Cc1nc2cc(C(=O)N(CC(=O)O)Cc3cccc(F)c3)ccc2n1-c1ccccc1. The van der Waals surface area contributed by atoms with E-state index in [0.717, 1.165) is 17.0 Å². The molecule has 0 aliphatic heterocycles. The van der Waals surface area contributed by atoms with Crippen molar-refractivity contribution in [2.45, 2.75) is 13.5 Å². The summed E-state index contributed by atoms with van der Waals surface area (Å²) in [5.74, 6) is -1.27. The Balaban J connectivity index is 1.68. The average Bonchev–Trinajstić information content (AvgIpc) is 3.08. The van der Waals surface area contributed by atoms with Gasteiger partial charge in [0, 0.05) is 17.8 Å². The summed E-state index contributed by atoms with van der Waals surface area (Å²) in [6.07, 6.45) is 0. The first kappa shape index (κ1) is 20.3. The molecule has 6 nitrogen and oxygen atoms in total. The number of aliphatic carboxylic acids is 1. The second-order valence-corrected chi connectivity index (χ2v) is 7.22. The van der Waals surface area contributed by atoms with Crippen LogP contribution in [0.1, 0.15) is 21.7 Å². The van der Waals surface area contributed by atoms with Crippen molar-refractivity contribution in [2.24, 2.45) is 0 Å². The van der Waals surface area contributed by atoms with Gasteiger partial charge in [-0.25, -0.2) is 9.37 Å². The smallest absolute Gasteiger partial charge is 0.323 e. The van der Waals surface area contributed by atoms with Crippen LogP contribution in [-0.4, -0.2) is 38.0 Å². The molecule has 31 heavy (non-hydrogen) atoms. The van der Waals surface area contributed by atoms with Crippen molar-refractivity contribution in [3.05, 3.63) is 95.6 Å². The second kappa shape index (κ2) is 8.39. The number of aromatic nitrogens is 2. The van der Waals surface area contributed by atoms with Crippen molar-refractivity contribution < 1.29 is 19.1 Å². The third-order valence-electron chi connectivity index (χ3n) is 4.96. The number of amides is 1. The Hall–Kier alpha value is -4.00. The molecule has 1 amide bonds. The van der Waals surface area contributed by atoms with Gasteiger partial charge in [-0.2, -0.15) is 0 Å². The van der Waals surface area contributed by atoms with Gasteiger partial charge in [0.1, 0.15) is 18.2 Å². The van der Waals surface area contributed by atoms with Gasteiger partial charge in [0.05, 0.1) is 11.0 Å². The summed E-state index contributed by atoms with van der Waals surface area (Å²) in [5.41, 5.74) is 3.27. The number of para-hydroxylation sites is 1. The highest BCUT2D eigenvalue weighted by atomic mass is 19.1. The van der Waals surface area contributed by atoms with E-state index in [9.17, 15) is 19.1 Å². The van der Waals surface area contributed by atoms with Crippen molar-refractivity contribution in [1.29, 1.82) is 0 Å². The third kappa shape index (κ3) is 4.30. The predicted octanol–water partition coefficient (Wildman–Crippen LogP) is 4.20. The van der Waals surface area contributed by atoms with Crippen LogP contribution in [0, 0.1) is 12.7 Å². The van der Waals surface area contributed by atoms with Crippen LogP contribution in [-0.2, 0) is 11.3 Å². The Labute approximate surface area is 178 Å². The molecule has 7 heteroatoms. The minimum atomic E-state index is -1.14. The molecule has 1 N–H and O–H groups in total. The van der Waals surface area contributed by atoms with Gasteiger partial charge in [0.15, 0.2) is 0 Å². The normalized spacial score (nSPS) is 10.9. The van der Waals surface area contributed by atoms with E-state index in [2.05, 4.69) is 4.98 Å². The van der Waals surface area contributed by atoms with Crippen LogP contribution in [0.5, 0.6) is 0 Å². The largest absolute Gasteiger partial charge is 0.480 e. The Bertz CT molecular complexity index is 1270. The zero-order chi connectivity index (χ0) is 22.0. The second-order valence-electron chi connectivity index (χ2n) is 7.22. The van der Waals surface area contributed by atoms with Gasteiger partial charge in [-0.15, -0.1) is 0 Å². The molecule has 0 aliphatic rings. The van der Waals surface area contributed by atoms with E-state index < -0.39 is 24.2 Å². The third-order valence-corrected chi connectivity index (χ3v) is 4.96. The number of aryl methyl sites for hydroxylation is 1. The van der Waals surface area contributed by atoms with Gasteiger partial charge in [0.2, 0.25) is 0 Å². The quantitative estimate of drug-likeness (QED) is 0.510. The van der Waals surface area contributed by atoms with Crippen LogP contribution in [0.25, 0.3) is 16.7 Å². The van der Waals surface area contributed by atoms with E-state index in [1.165, 1.54) is 23.1 Å². The van der Waals surface area contributed by atoms with Gasteiger partial charge >= 0.3 is 5.97 Å². The van der Waals surface area contributed by atoms with Crippen LogP contribution in [0.3, 0.4) is 0 Å². The van der Waals surface area contributed by atoms with Gasteiger partial charge in [-0.05, 0) is 55.0 Å². The molecule has 156 valence electrons. The van der Waals surface area contributed by atoms with Gasteiger partial charge in [-0.1, -0.05) is 30.3 Å². The Morgan fingerprint density at radius 2 is 1.81 bits per heavy atom. The van der Waals surface area contributed by atoms with Crippen molar-refractivity contribution in [3.63, 3.8) is 0 Å². The minimum Gasteiger partial charge on any atom is -0.480 e. The number of carbonyl (C=O) groups is 2. The van der Waals surface area contributed by atoms with Crippen LogP contribution in [0.15, 0.2) is 72.8 Å². The van der Waals surface area contributed by atoms with Gasteiger partial charge in [0.25, 0.3) is 5.91 Å². The summed E-state index contributed by atoms with van der Waals surface area (Å²) in [6.45, 7) is 1.37. The first-order valence-electron chi connectivity index (χ1n) is 9.72. The van der Waals surface area contributed by atoms with Crippen molar-refractivity contribution in [3.8, 4) is 5.69 Å². The van der Waals surface area contributed by atoms with Crippen molar-refractivity contribution >= 4 is 22.9 Å². The Morgan fingerprint density at radius 3 is 2.52 bits per heavy atom. The summed E-state index contributed by atoms with van der Waals surface area (Å²) in [6, 6.07) is 20.6. The fourth-order valence-corrected chi connectivity index (χ4v) is 3.64. The Morgan fingerprint density at radius 1 is 1.03 bits per heavy atom. The number of imidazole rings is 1. The zero-order valence-corrected chi connectivity index (χ0v) is 16.8. The van der Waals surface area contributed by atoms with Crippen LogP contribution in [0.4, 0.5) is 4.39 Å². The van der Waals surface area contributed by atoms with Crippen molar-refractivity contribution in [2.75, 3.05) is 6.54 Å². The van der Waals surface area contributed by atoms with Crippen LogP contribution in [0.2, 0.25) is 0 Å². The van der Waals surface area contributed by atoms with E-state index in [1.807, 2.05) is 41.8 Å². The molecule has 0 radical (unpaired) electrons. The molecular weight excluding hydrogens is 397 g/mol. The summed E-state index contributed by atoms with van der Waals surface area (Å²) in [4.78, 5) is 30.2. The Kier molecular flexibility index (Phi) is 5.49. The first-order valence-corrected chi connectivity index (χ1v) is 9.72. The molecule has 0 saturated carbocycles. The number of carboxylic acid groups (broad SMARTS) is 1. The maximum Gasteiger partial charge on any atom is 0.323 e. The summed E-state index contributed by atoms with van der Waals surface area (Å²) in [5, 5.41) is 9.27. The molecule has 0 fully saturated rings. The number of halogens is 1. The van der Waals surface area contributed by atoms with E-state index >= 15 is 0 Å². The molecule has 4 rings (SSSR count). The van der Waals surface area contributed by atoms with E-state index in [-0.39, 0.29) is 6.54 Å². The molecule has 0 unspecified atom stereocenters. The highest BCUT2D eigenvalue weighted by Crippen LogP contribution is 2.23. The summed E-state index contributed by atoms with van der Waals surface area (Å²) in [7, 11) is 0. The molecule has 0 aliphatic carbocycles. The maximum atomic E-state index is 13.5. The highest BCUT2D eigenvalue weighted by Gasteiger charge is 2.21. The zero-order valence-electron chi connectivity index (χ0n) is 16.8. The lowest BCUT2D eigenvalue weighted by atomic mass is 10.1. The summed E-state index contributed by atoms with van der Waals surface area (Å²) < 4.78 is 15.5. The molecule has 4 aromatic rings. The molecule has 0 atom stereocenters. The fourth-order valence-electron chi connectivity index (χ4n) is 3.64. The number of benzene rings is 3. The average molecular weight is 417 g/mol. The monoisotopic (exact) mass is 417 g/mol. The summed E-state index contributed by atoms with van der Waals surface area (Å²) >= 11 is 0. The maximum absolute atomic E-state index is 13.5. The number of carbonyl (C=O) groups excluding carboxylic acids is 1. The van der Waals surface area contributed by atoms with Crippen LogP contribution >= 0.6 is 0 Å². The molecule has 0 saturated heterocycles. The lowest BCUT2D eigenvalue weighted by Crippen LogP contribution is -2.35. The molecule has 0 spiro atoms. The molecule has 1 heterocycles. The number of nitrogens with zero attached hydrogens (tertiary/aromatic N) is 3. The van der Waals surface area contributed by atoms with E-state index in [4.69, 9.17) is 0 Å². The van der Waals surface area contributed by atoms with Gasteiger partial charge in [-0.3, -0.25) is 14.2 Å². The van der Waals surface area contributed by atoms with Crippen LogP contribution < -0.4 is 0 Å². The molecule has 1 aromatic heterocycles. The topological polar surface area (TPSA) is 75.4 Å². The molecule has 0 bridgehead atoms. The number of carboxylic acids is 1. The molecule has 3 aromatic carbocycles. The van der Waals surface area contributed by atoms with E-state index in [1.54, 1.807) is 24.3 Å². The number of fused-ring (bicyclic) bond motifs is 1. The molecular formula is C24H20FN3O3. The lowest BCUT2D eigenvalue weighted by molar-refractivity contribution is -0.137. The lowest BCUT2D eigenvalue weighted by Gasteiger charge is -2.21. The van der Waals surface area contributed by atoms with E-state index in [0.29, 0.717) is 16.6 Å². The predicted molar refractivity (Wildman–Crippen MR) is 115 cm³/mol. The minimum absolute atomic E-state index is 0.0155. The number of rotatable bonds is 6. The standard InChI is InChI=1S/C24H20FN3O3/c1-16-26-21-13-18(10-11-22(21)28(16)20-8-3-2-4-9-20)24(31)27(15-23(29)30)14-17-6-5-7-19(25)12-17/h2-13H,14-15H2,1H3,(H,29,30). The first-order chi connectivity index (χ1) is 14.9. The van der Waals surface area contributed by atoms with Crippen molar-refractivity contribution in [1.82, 2.24) is 14.5 Å². The van der Waals surface area contributed by atoms with Gasteiger partial charge < -0.3 is 10.0 Å². The number of hydrogen-bond acceptors (Lipinski definition) is 3. The highest BCUT2D eigenvalue weighted by molar-refractivity contribution is 5.98.